The van der Waals surface area contributed by atoms with Crippen LogP contribution in [0.15, 0.2) is 0 Å². The van der Waals surface area contributed by atoms with E-state index in [4.69, 9.17) is 0 Å². The SMILES string of the molecule is CCCCCCCN1C(=O)C(C)(C)NC(=O)C1C(C)(C)C. The number of carbonyl (C=O) groups excluding carboxylic acids is 2. The Morgan fingerprint density at radius 3 is 2.19 bits per heavy atom. The predicted molar refractivity (Wildman–Crippen MR) is 85.9 cm³/mol. The zero-order chi connectivity index (χ0) is 16.3. The van der Waals surface area contributed by atoms with E-state index in [2.05, 4.69) is 12.2 Å². The highest BCUT2D eigenvalue weighted by Gasteiger charge is 2.49. The zero-order valence-electron chi connectivity index (χ0n) is 14.6. The molecule has 0 aromatic heterocycles. The molecule has 1 aliphatic heterocycles. The quantitative estimate of drug-likeness (QED) is 0.766. The van der Waals surface area contributed by atoms with E-state index in [0.29, 0.717) is 6.54 Å². The number of nitrogens with zero attached hydrogens (tertiary/aromatic N) is 1. The monoisotopic (exact) mass is 296 g/mol. The number of hydrogen-bond donors (Lipinski definition) is 1. The Labute approximate surface area is 129 Å². The fourth-order valence-corrected chi connectivity index (χ4v) is 3.02. The van der Waals surface area contributed by atoms with E-state index in [9.17, 15) is 9.59 Å². The van der Waals surface area contributed by atoms with Gasteiger partial charge in [-0.05, 0) is 25.7 Å². The predicted octanol–water partition coefficient (Wildman–Crippen LogP) is 3.11. The first-order chi connectivity index (χ1) is 9.61. The fourth-order valence-electron chi connectivity index (χ4n) is 3.02. The maximum atomic E-state index is 12.7. The molecule has 4 heteroatoms. The van der Waals surface area contributed by atoms with Crippen LogP contribution in [0.3, 0.4) is 0 Å². The second-order valence-corrected chi connectivity index (χ2v) is 7.80. The fraction of sp³-hybridized carbons (Fsp3) is 0.882. The van der Waals surface area contributed by atoms with E-state index >= 15 is 0 Å². The van der Waals surface area contributed by atoms with Gasteiger partial charge in [-0.25, -0.2) is 0 Å². The molecule has 0 aromatic rings. The standard InChI is InChI=1S/C17H32N2O2/c1-7-8-9-10-11-12-19-13(16(2,3)4)14(20)18-17(5,6)15(19)21/h13H,7-12H2,1-6H3,(H,18,20). The number of rotatable bonds is 6. The van der Waals surface area contributed by atoms with Crippen LogP contribution in [-0.4, -0.2) is 34.8 Å². The first kappa shape index (κ1) is 18.0. The Balaban J connectivity index is 2.80. The molecule has 1 saturated heterocycles. The summed E-state index contributed by atoms with van der Waals surface area (Å²) < 4.78 is 0. The van der Waals surface area contributed by atoms with E-state index in [1.165, 1.54) is 19.3 Å². The molecular formula is C17H32N2O2. The molecule has 0 spiro atoms. The summed E-state index contributed by atoms with van der Waals surface area (Å²) in [4.78, 5) is 26.9. The van der Waals surface area contributed by atoms with E-state index in [1.54, 1.807) is 13.8 Å². The van der Waals surface area contributed by atoms with Gasteiger partial charge in [0.15, 0.2) is 0 Å². The highest BCUT2D eigenvalue weighted by atomic mass is 16.2. The van der Waals surface area contributed by atoms with Crippen molar-refractivity contribution in [1.82, 2.24) is 10.2 Å². The van der Waals surface area contributed by atoms with Gasteiger partial charge in [-0.2, -0.15) is 0 Å². The van der Waals surface area contributed by atoms with E-state index < -0.39 is 5.54 Å². The van der Waals surface area contributed by atoms with E-state index in [-0.39, 0.29) is 23.3 Å². The molecule has 1 rings (SSSR count). The molecule has 1 heterocycles. The number of amides is 2. The molecule has 0 saturated carbocycles. The molecule has 1 fully saturated rings. The molecular weight excluding hydrogens is 264 g/mol. The average Bonchev–Trinajstić information content (AvgIpc) is 2.32. The van der Waals surface area contributed by atoms with Crippen LogP contribution in [0.1, 0.15) is 73.6 Å². The summed E-state index contributed by atoms with van der Waals surface area (Å²) in [5.41, 5.74) is -1.04. The summed E-state index contributed by atoms with van der Waals surface area (Å²) in [6, 6.07) is -0.371. The number of hydrogen-bond acceptors (Lipinski definition) is 2. The lowest BCUT2D eigenvalue weighted by atomic mass is 9.81. The van der Waals surface area contributed by atoms with E-state index in [0.717, 1.165) is 12.8 Å². The minimum absolute atomic E-state index is 0.0272. The molecule has 2 amide bonds. The summed E-state index contributed by atoms with van der Waals surface area (Å²) in [6.07, 6.45) is 5.75. The molecule has 0 bridgehead atoms. The maximum Gasteiger partial charge on any atom is 0.248 e. The summed E-state index contributed by atoms with van der Waals surface area (Å²) in [5, 5.41) is 2.87. The number of nitrogens with one attached hydrogen (secondary N) is 1. The van der Waals surface area contributed by atoms with Crippen LogP contribution in [-0.2, 0) is 9.59 Å². The molecule has 21 heavy (non-hydrogen) atoms. The molecule has 1 atom stereocenters. The van der Waals surface area contributed by atoms with Crippen LogP contribution in [0.25, 0.3) is 0 Å². The minimum atomic E-state index is -0.789. The lowest BCUT2D eigenvalue weighted by molar-refractivity contribution is -0.158. The third-order valence-corrected chi connectivity index (χ3v) is 4.11. The number of unbranched alkanes of at least 4 members (excludes halogenated alkanes) is 4. The van der Waals surface area contributed by atoms with Gasteiger partial charge in [0, 0.05) is 6.54 Å². The Kier molecular flexibility index (Phi) is 5.83. The van der Waals surface area contributed by atoms with Crippen LogP contribution in [0.2, 0.25) is 0 Å². The van der Waals surface area contributed by atoms with Gasteiger partial charge in [-0.1, -0.05) is 53.4 Å². The normalized spacial score (nSPS) is 22.4. The van der Waals surface area contributed by atoms with Crippen molar-refractivity contribution >= 4 is 11.8 Å². The van der Waals surface area contributed by atoms with Crippen molar-refractivity contribution in [2.45, 2.75) is 85.2 Å². The van der Waals surface area contributed by atoms with Crippen LogP contribution in [0.5, 0.6) is 0 Å². The van der Waals surface area contributed by atoms with Gasteiger partial charge in [0.25, 0.3) is 0 Å². The zero-order valence-corrected chi connectivity index (χ0v) is 14.6. The van der Waals surface area contributed by atoms with Crippen molar-refractivity contribution in [3.8, 4) is 0 Å². The maximum absolute atomic E-state index is 12.7. The van der Waals surface area contributed by atoms with Crippen molar-refractivity contribution in [2.24, 2.45) is 5.41 Å². The lowest BCUT2D eigenvalue weighted by Crippen LogP contribution is -2.70. The highest BCUT2D eigenvalue weighted by molar-refractivity contribution is 5.99. The average molecular weight is 296 g/mol. The molecule has 4 nitrogen and oxygen atoms in total. The third kappa shape index (κ3) is 4.45. The van der Waals surface area contributed by atoms with Crippen LogP contribution >= 0.6 is 0 Å². The van der Waals surface area contributed by atoms with Crippen molar-refractivity contribution in [3.05, 3.63) is 0 Å². The van der Waals surface area contributed by atoms with Gasteiger partial charge in [0.1, 0.15) is 11.6 Å². The molecule has 1 N–H and O–H groups in total. The van der Waals surface area contributed by atoms with Gasteiger partial charge >= 0.3 is 0 Å². The second-order valence-electron chi connectivity index (χ2n) is 7.80. The summed E-state index contributed by atoms with van der Waals surface area (Å²) in [7, 11) is 0. The largest absolute Gasteiger partial charge is 0.340 e. The summed E-state index contributed by atoms with van der Waals surface area (Å²) >= 11 is 0. The first-order valence-electron chi connectivity index (χ1n) is 8.24. The second kappa shape index (κ2) is 6.80. The van der Waals surface area contributed by atoms with Gasteiger partial charge in [0.2, 0.25) is 11.8 Å². The van der Waals surface area contributed by atoms with Crippen LogP contribution in [0, 0.1) is 5.41 Å². The highest BCUT2D eigenvalue weighted by Crippen LogP contribution is 2.30. The van der Waals surface area contributed by atoms with Gasteiger partial charge < -0.3 is 10.2 Å². The number of piperazine rings is 1. The molecule has 122 valence electrons. The minimum Gasteiger partial charge on any atom is -0.340 e. The first-order valence-corrected chi connectivity index (χ1v) is 8.24. The van der Waals surface area contributed by atoms with Crippen LogP contribution in [0.4, 0.5) is 0 Å². The Morgan fingerprint density at radius 2 is 1.67 bits per heavy atom. The van der Waals surface area contributed by atoms with Gasteiger partial charge in [-0.15, -0.1) is 0 Å². The van der Waals surface area contributed by atoms with Gasteiger partial charge in [0.05, 0.1) is 0 Å². The molecule has 1 aliphatic rings. The smallest absolute Gasteiger partial charge is 0.248 e. The lowest BCUT2D eigenvalue weighted by Gasteiger charge is -2.47. The van der Waals surface area contributed by atoms with Crippen molar-refractivity contribution < 1.29 is 9.59 Å². The van der Waals surface area contributed by atoms with E-state index in [1.807, 2.05) is 25.7 Å². The Hall–Kier alpha value is -1.06. The van der Waals surface area contributed by atoms with Crippen molar-refractivity contribution in [3.63, 3.8) is 0 Å². The summed E-state index contributed by atoms with van der Waals surface area (Å²) in [5.74, 6) is 0.0122. The topological polar surface area (TPSA) is 49.4 Å². The third-order valence-electron chi connectivity index (χ3n) is 4.11. The van der Waals surface area contributed by atoms with Crippen LogP contribution < -0.4 is 5.32 Å². The Bertz CT molecular complexity index is 383. The summed E-state index contributed by atoms with van der Waals surface area (Å²) in [6.45, 7) is 12.5. The molecule has 0 aromatic carbocycles. The van der Waals surface area contributed by atoms with Crippen molar-refractivity contribution in [1.29, 1.82) is 0 Å². The Morgan fingerprint density at radius 1 is 1.10 bits per heavy atom. The number of carbonyl (C=O) groups is 2. The van der Waals surface area contributed by atoms with Gasteiger partial charge in [-0.3, -0.25) is 9.59 Å². The molecule has 0 aliphatic carbocycles. The molecule has 0 radical (unpaired) electrons. The van der Waals surface area contributed by atoms with Crippen molar-refractivity contribution in [2.75, 3.05) is 6.54 Å². The molecule has 1 unspecified atom stereocenters.